The van der Waals surface area contributed by atoms with Crippen molar-refractivity contribution < 1.29 is 14.4 Å². The van der Waals surface area contributed by atoms with Crippen LogP contribution >= 0.6 is 0 Å². The maximum atomic E-state index is 13.9. The van der Waals surface area contributed by atoms with E-state index in [1.165, 1.54) is 5.56 Å². The van der Waals surface area contributed by atoms with Crippen LogP contribution in [-0.4, -0.2) is 41.8 Å². The highest BCUT2D eigenvalue weighted by molar-refractivity contribution is 6.22. The maximum Gasteiger partial charge on any atom is 0.262 e. The Balaban J connectivity index is 1.34. The molecule has 2 unspecified atom stereocenters. The van der Waals surface area contributed by atoms with E-state index in [-0.39, 0.29) is 18.5 Å². The summed E-state index contributed by atoms with van der Waals surface area (Å²) in [4.78, 5) is 45.1. The number of rotatable bonds is 4. The molecule has 6 nitrogen and oxygen atoms in total. The van der Waals surface area contributed by atoms with Gasteiger partial charge in [0.15, 0.2) is 0 Å². The summed E-state index contributed by atoms with van der Waals surface area (Å²) in [5, 5.41) is 0. The summed E-state index contributed by atoms with van der Waals surface area (Å²) < 4.78 is 0. The molecule has 3 aromatic rings. The van der Waals surface area contributed by atoms with Gasteiger partial charge >= 0.3 is 0 Å². The Hall–Kier alpha value is -3.93. The molecule has 6 rings (SSSR count). The SMILES string of the molecule is O=C1c2ccccc2C(=O)N1CC(=O)N1c2ccccc2N(Cc2ccccc2)CC2CCCC21. The van der Waals surface area contributed by atoms with Crippen LogP contribution in [0.15, 0.2) is 78.9 Å². The first-order valence-electron chi connectivity index (χ1n) is 12.3. The zero-order chi connectivity index (χ0) is 23.9. The van der Waals surface area contributed by atoms with Crippen LogP contribution in [0, 0.1) is 5.92 Å². The summed E-state index contributed by atoms with van der Waals surface area (Å²) in [5.41, 5.74) is 3.84. The molecule has 0 bridgehead atoms. The zero-order valence-electron chi connectivity index (χ0n) is 19.5. The van der Waals surface area contributed by atoms with Crippen molar-refractivity contribution in [3.05, 3.63) is 95.6 Å². The van der Waals surface area contributed by atoms with E-state index in [0.29, 0.717) is 17.0 Å². The minimum Gasteiger partial charge on any atom is -0.365 e. The maximum absolute atomic E-state index is 13.9. The monoisotopic (exact) mass is 465 g/mol. The van der Waals surface area contributed by atoms with E-state index in [9.17, 15) is 14.4 Å². The van der Waals surface area contributed by atoms with Crippen molar-refractivity contribution in [1.29, 1.82) is 0 Å². The van der Waals surface area contributed by atoms with Crippen molar-refractivity contribution in [2.24, 2.45) is 5.92 Å². The second kappa shape index (κ2) is 8.69. The van der Waals surface area contributed by atoms with Crippen LogP contribution in [0.2, 0.25) is 0 Å². The van der Waals surface area contributed by atoms with Gasteiger partial charge in [-0.3, -0.25) is 19.3 Å². The molecule has 1 fully saturated rings. The summed E-state index contributed by atoms with van der Waals surface area (Å²) in [6, 6.07) is 25.2. The predicted molar refractivity (Wildman–Crippen MR) is 134 cm³/mol. The number of carbonyl (C=O) groups is 3. The van der Waals surface area contributed by atoms with Gasteiger partial charge in [0.1, 0.15) is 6.54 Å². The van der Waals surface area contributed by atoms with Crippen LogP contribution in [0.4, 0.5) is 11.4 Å². The summed E-state index contributed by atoms with van der Waals surface area (Å²) >= 11 is 0. The molecular weight excluding hydrogens is 438 g/mol. The number of hydrogen-bond donors (Lipinski definition) is 0. The molecule has 1 saturated carbocycles. The Bertz CT molecular complexity index is 1270. The number of nitrogens with zero attached hydrogens (tertiary/aromatic N) is 3. The Kier molecular flexibility index (Phi) is 5.36. The van der Waals surface area contributed by atoms with Crippen LogP contribution in [-0.2, 0) is 11.3 Å². The molecule has 0 saturated heterocycles. The van der Waals surface area contributed by atoms with Gasteiger partial charge in [-0.05, 0) is 48.6 Å². The van der Waals surface area contributed by atoms with Crippen molar-refractivity contribution >= 4 is 29.1 Å². The first-order chi connectivity index (χ1) is 17.1. The van der Waals surface area contributed by atoms with E-state index in [0.717, 1.165) is 48.6 Å². The number of amides is 3. The van der Waals surface area contributed by atoms with Crippen LogP contribution in [0.5, 0.6) is 0 Å². The highest BCUT2D eigenvalue weighted by atomic mass is 16.2. The zero-order valence-corrected chi connectivity index (χ0v) is 19.5. The molecule has 0 radical (unpaired) electrons. The quantitative estimate of drug-likeness (QED) is 0.532. The lowest BCUT2D eigenvalue weighted by atomic mass is 10.0. The lowest BCUT2D eigenvalue weighted by molar-refractivity contribution is -0.119. The molecule has 0 aromatic heterocycles. The van der Waals surface area contributed by atoms with E-state index in [2.05, 4.69) is 35.2 Å². The van der Waals surface area contributed by atoms with Crippen molar-refractivity contribution in [3.63, 3.8) is 0 Å². The third kappa shape index (κ3) is 3.70. The molecule has 2 heterocycles. The number of fused-ring (bicyclic) bond motifs is 3. The number of para-hydroxylation sites is 2. The second-order valence-corrected chi connectivity index (χ2v) is 9.62. The average molecular weight is 466 g/mol. The number of anilines is 2. The Morgan fingerprint density at radius 3 is 2.11 bits per heavy atom. The standard InChI is InChI=1S/C29H27N3O3/c33-27(19-31-28(34)22-12-4-5-13-23(22)29(31)35)32-24-16-8-11-21(24)18-30(17-20-9-2-1-3-10-20)25-14-6-7-15-26(25)32/h1-7,9-10,12-15,21,24H,8,11,16-19H2. The van der Waals surface area contributed by atoms with Gasteiger partial charge in [0, 0.05) is 19.1 Å². The van der Waals surface area contributed by atoms with Crippen LogP contribution in [0.25, 0.3) is 0 Å². The number of hydrogen-bond acceptors (Lipinski definition) is 4. The molecule has 3 amide bonds. The molecule has 3 aliphatic rings. The molecular formula is C29H27N3O3. The van der Waals surface area contributed by atoms with Gasteiger partial charge in [0.05, 0.1) is 22.5 Å². The van der Waals surface area contributed by atoms with Gasteiger partial charge in [0.2, 0.25) is 5.91 Å². The number of carbonyl (C=O) groups excluding carboxylic acids is 3. The molecule has 2 aliphatic heterocycles. The first-order valence-corrected chi connectivity index (χ1v) is 12.3. The lowest BCUT2D eigenvalue weighted by Crippen LogP contribution is -2.48. The molecule has 0 spiro atoms. The fourth-order valence-electron chi connectivity index (χ4n) is 5.93. The first kappa shape index (κ1) is 21.6. The lowest BCUT2D eigenvalue weighted by Gasteiger charge is -2.32. The van der Waals surface area contributed by atoms with E-state index >= 15 is 0 Å². The van der Waals surface area contributed by atoms with Crippen LogP contribution < -0.4 is 9.80 Å². The van der Waals surface area contributed by atoms with Gasteiger partial charge in [-0.25, -0.2) is 0 Å². The molecule has 1 aliphatic carbocycles. The van der Waals surface area contributed by atoms with Gasteiger partial charge in [-0.1, -0.05) is 61.0 Å². The summed E-state index contributed by atoms with van der Waals surface area (Å²) in [6.07, 6.45) is 3.04. The highest BCUT2D eigenvalue weighted by Gasteiger charge is 2.43. The van der Waals surface area contributed by atoms with Gasteiger partial charge in [0.25, 0.3) is 11.8 Å². The van der Waals surface area contributed by atoms with Crippen molar-refractivity contribution in [2.45, 2.75) is 31.8 Å². The van der Waals surface area contributed by atoms with Crippen molar-refractivity contribution in [2.75, 3.05) is 22.9 Å². The Morgan fingerprint density at radius 1 is 0.771 bits per heavy atom. The van der Waals surface area contributed by atoms with Crippen molar-refractivity contribution in [1.82, 2.24) is 4.90 Å². The highest BCUT2D eigenvalue weighted by Crippen LogP contribution is 2.42. The minimum atomic E-state index is -0.393. The molecule has 6 heteroatoms. The number of benzene rings is 3. The molecule has 176 valence electrons. The Labute approximate surface area is 204 Å². The van der Waals surface area contributed by atoms with E-state index < -0.39 is 11.8 Å². The van der Waals surface area contributed by atoms with Crippen LogP contribution in [0.1, 0.15) is 45.5 Å². The molecule has 3 aromatic carbocycles. The van der Waals surface area contributed by atoms with E-state index in [1.807, 2.05) is 29.2 Å². The summed E-state index contributed by atoms with van der Waals surface area (Å²) in [6.45, 7) is 1.39. The van der Waals surface area contributed by atoms with E-state index in [1.54, 1.807) is 24.3 Å². The third-order valence-corrected chi connectivity index (χ3v) is 7.54. The predicted octanol–water partition coefficient (Wildman–Crippen LogP) is 4.50. The fourth-order valence-corrected chi connectivity index (χ4v) is 5.93. The molecule has 0 N–H and O–H groups in total. The Morgan fingerprint density at radius 2 is 1.40 bits per heavy atom. The van der Waals surface area contributed by atoms with Gasteiger partial charge < -0.3 is 9.80 Å². The molecule has 35 heavy (non-hydrogen) atoms. The topological polar surface area (TPSA) is 60.9 Å². The molecule has 2 atom stereocenters. The van der Waals surface area contributed by atoms with Gasteiger partial charge in [-0.15, -0.1) is 0 Å². The van der Waals surface area contributed by atoms with Crippen molar-refractivity contribution in [3.8, 4) is 0 Å². The van der Waals surface area contributed by atoms with Crippen LogP contribution in [0.3, 0.4) is 0 Å². The number of imide groups is 1. The third-order valence-electron chi connectivity index (χ3n) is 7.54. The van der Waals surface area contributed by atoms with E-state index in [4.69, 9.17) is 0 Å². The second-order valence-electron chi connectivity index (χ2n) is 9.62. The van der Waals surface area contributed by atoms with Gasteiger partial charge in [-0.2, -0.15) is 0 Å². The largest absolute Gasteiger partial charge is 0.365 e. The normalized spacial score (nSPS) is 21.0. The average Bonchev–Trinajstić information content (AvgIpc) is 3.39. The fraction of sp³-hybridized carbons (Fsp3) is 0.276. The smallest absolute Gasteiger partial charge is 0.262 e. The minimum absolute atomic E-state index is 0.0552. The summed E-state index contributed by atoms with van der Waals surface area (Å²) in [7, 11) is 0. The summed E-state index contributed by atoms with van der Waals surface area (Å²) in [5.74, 6) is -0.658.